The Hall–Kier alpha value is -1.98. The molecular weight excluding hydrogens is 340 g/mol. The number of hydrogen-bond acceptors (Lipinski definition) is 4. The van der Waals surface area contributed by atoms with E-state index in [4.69, 9.17) is 4.74 Å². The highest BCUT2D eigenvalue weighted by Crippen LogP contribution is 2.30. The van der Waals surface area contributed by atoms with Gasteiger partial charge in [-0.05, 0) is 58.0 Å². The van der Waals surface area contributed by atoms with Gasteiger partial charge in [-0.2, -0.15) is 0 Å². The Morgan fingerprint density at radius 3 is 2.56 bits per heavy atom. The van der Waals surface area contributed by atoms with E-state index in [2.05, 4.69) is 11.9 Å². The van der Waals surface area contributed by atoms with Gasteiger partial charge in [0.15, 0.2) is 16.9 Å². The van der Waals surface area contributed by atoms with Crippen molar-refractivity contribution in [3.8, 4) is 17.2 Å². The number of rotatable bonds is 4. The number of halogens is 1. The number of hydrogen-bond donors (Lipinski definition) is 1. The van der Waals surface area contributed by atoms with Crippen molar-refractivity contribution in [3.05, 3.63) is 52.4 Å². The van der Waals surface area contributed by atoms with Gasteiger partial charge in [-0.25, -0.2) is 0 Å². The smallest absolute Gasteiger partial charge is 0.181 e. The molecule has 0 saturated carbocycles. The zero-order valence-corrected chi connectivity index (χ0v) is 15.5. The van der Waals surface area contributed by atoms with Gasteiger partial charge in [0, 0.05) is 35.8 Å². The second-order valence-electron chi connectivity index (χ2n) is 6.58. The van der Waals surface area contributed by atoms with Gasteiger partial charge in [0.2, 0.25) is 0 Å². The van der Waals surface area contributed by atoms with E-state index in [0.717, 1.165) is 37.3 Å². The van der Waals surface area contributed by atoms with Crippen molar-refractivity contribution in [2.24, 2.45) is 5.92 Å². The quantitative estimate of drug-likeness (QED) is 0.906. The van der Waals surface area contributed by atoms with Crippen LogP contribution >= 0.6 is 12.4 Å². The third-order valence-corrected chi connectivity index (χ3v) is 4.65. The predicted octanol–water partition coefficient (Wildman–Crippen LogP) is 2.99. The minimum absolute atomic E-state index is 0. The molecule has 0 spiro atoms. The molecular formula is C19H25ClN2O3. The van der Waals surface area contributed by atoms with Crippen molar-refractivity contribution in [1.29, 1.82) is 0 Å². The SMILES string of the molecule is Cc1cc(=O)ccn1-c1ccc(OCC2CCN(C)CC2)c(O)c1.Cl. The molecule has 0 radical (unpaired) electrons. The molecule has 2 heterocycles. The molecule has 1 aliphatic rings. The highest BCUT2D eigenvalue weighted by molar-refractivity contribution is 5.85. The van der Waals surface area contributed by atoms with E-state index in [1.807, 2.05) is 17.6 Å². The molecule has 2 aromatic rings. The fourth-order valence-electron chi connectivity index (χ4n) is 3.09. The van der Waals surface area contributed by atoms with Gasteiger partial charge in [-0.1, -0.05) is 0 Å². The summed E-state index contributed by atoms with van der Waals surface area (Å²) in [6.07, 6.45) is 3.98. The molecule has 1 N–H and O–H groups in total. The number of nitrogens with zero attached hydrogens (tertiary/aromatic N) is 2. The van der Waals surface area contributed by atoms with E-state index in [1.54, 1.807) is 24.4 Å². The molecule has 5 nitrogen and oxygen atoms in total. The van der Waals surface area contributed by atoms with Gasteiger partial charge in [0.1, 0.15) is 0 Å². The van der Waals surface area contributed by atoms with Crippen LogP contribution in [0.1, 0.15) is 18.5 Å². The summed E-state index contributed by atoms with van der Waals surface area (Å²) in [5, 5.41) is 10.3. The van der Waals surface area contributed by atoms with Crippen molar-refractivity contribution in [3.63, 3.8) is 0 Å². The van der Waals surface area contributed by atoms with E-state index >= 15 is 0 Å². The van der Waals surface area contributed by atoms with Crippen molar-refractivity contribution in [2.75, 3.05) is 26.7 Å². The molecule has 25 heavy (non-hydrogen) atoms. The average Bonchev–Trinajstić information content (AvgIpc) is 2.55. The summed E-state index contributed by atoms with van der Waals surface area (Å²) in [6.45, 7) is 4.70. The van der Waals surface area contributed by atoms with E-state index in [9.17, 15) is 9.90 Å². The largest absolute Gasteiger partial charge is 0.504 e. The highest BCUT2D eigenvalue weighted by Gasteiger charge is 2.17. The van der Waals surface area contributed by atoms with Crippen molar-refractivity contribution < 1.29 is 9.84 Å². The molecule has 0 unspecified atom stereocenters. The lowest BCUT2D eigenvalue weighted by Gasteiger charge is -2.28. The topological polar surface area (TPSA) is 54.7 Å². The van der Waals surface area contributed by atoms with Crippen LogP contribution in [0.5, 0.6) is 11.5 Å². The summed E-state index contributed by atoms with van der Waals surface area (Å²) >= 11 is 0. The minimum atomic E-state index is -0.0222. The Balaban J connectivity index is 0.00000225. The maximum atomic E-state index is 11.4. The zero-order chi connectivity index (χ0) is 17.1. The summed E-state index contributed by atoms with van der Waals surface area (Å²) in [7, 11) is 2.14. The number of phenols is 1. The third kappa shape index (κ3) is 4.77. The van der Waals surface area contributed by atoms with Crippen LogP contribution in [0.2, 0.25) is 0 Å². The standard InChI is InChI=1S/C19H24N2O3.ClH/c1-14-11-17(22)7-10-21(14)16-3-4-19(18(23)12-16)24-13-15-5-8-20(2)9-6-15;/h3-4,7,10-12,15,23H,5-6,8-9,13H2,1-2H3;1H. The number of likely N-dealkylation sites (tertiary alicyclic amines) is 1. The van der Waals surface area contributed by atoms with Gasteiger partial charge in [-0.3, -0.25) is 4.79 Å². The molecule has 1 aliphatic heterocycles. The fourth-order valence-corrected chi connectivity index (χ4v) is 3.09. The molecule has 3 rings (SSSR count). The summed E-state index contributed by atoms with van der Waals surface area (Å²) in [5.41, 5.74) is 1.60. The molecule has 0 atom stereocenters. The van der Waals surface area contributed by atoms with Crippen molar-refractivity contribution in [1.82, 2.24) is 9.47 Å². The first-order valence-corrected chi connectivity index (χ1v) is 8.37. The van der Waals surface area contributed by atoms with Crippen LogP contribution in [0.15, 0.2) is 41.3 Å². The van der Waals surface area contributed by atoms with Gasteiger partial charge in [0.05, 0.1) is 6.61 Å². The van der Waals surface area contributed by atoms with Crippen molar-refractivity contribution >= 4 is 12.4 Å². The van der Waals surface area contributed by atoms with E-state index in [-0.39, 0.29) is 23.6 Å². The van der Waals surface area contributed by atoms with Crippen LogP contribution in [0.25, 0.3) is 5.69 Å². The predicted molar refractivity (Wildman–Crippen MR) is 101 cm³/mol. The number of piperidine rings is 1. The zero-order valence-electron chi connectivity index (χ0n) is 14.6. The van der Waals surface area contributed by atoms with E-state index in [1.165, 1.54) is 6.07 Å². The minimum Gasteiger partial charge on any atom is -0.504 e. The second kappa shape index (κ2) is 8.41. The van der Waals surface area contributed by atoms with Gasteiger partial charge < -0.3 is 19.3 Å². The number of benzene rings is 1. The molecule has 0 aliphatic carbocycles. The first kappa shape index (κ1) is 19.3. The Labute approximate surface area is 154 Å². The molecule has 136 valence electrons. The summed E-state index contributed by atoms with van der Waals surface area (Å²) < 4.78 is 7.69. The first-order chi connectivity index (χ1) is 11.5. The first-order valence-electron chi connectivity index (χ1n) is 8.37. The normalized spacial score (nSPS) is 15.6. The Morgan fingerprint density at radius 2 is 1.92 bits per heavy atom. The van der Waals surface area contributed by atoms with Crippen LogP contribution in [-0.4, -0.2) is 41.3 Å². The maximum absolute atomic E-state index is 11.4. The number of aromatic nitrogens is 1. The summed E-state index contributed by atoms with van der Waals surface area (Å²) in [4.78, 5) is 13.7. The van der Waals surface area contributed by atoms with E-state index in [0.29, 0.717) is 18.3 Å². The van der Waals surface area contributed by atoms with Gasteiger partial charge in [0.25, 0.3) is 0 Å². The lowest BCUT2D eigenvalue weighted by atomic mass is 9.98. The highest BCUT2D eigenvalue weighted by atomic mass is 35.5. The lowest BCUT2D eigenvalue weighted by Crippen LogP contribution is -2.32. The van der Waals surface area contributed by atoms with E-state index < -0.39 is 0 Å². The molecule has 1 aromatic heterocycles. The average molecular weight is 365 g/mol. The van der Waals surface area contributed by atoms with Crippen LogP contribution in [0, 0.1) is 12.8 Å². The van der Waals surface area contributed by atoms with Crippen LogP contribution in [0.4, 0.5) is 0 Å². The van der Waals surface area contributed by atoms with Crippen LogP contribution in [-0.2, 0) is 0 Å². The lowest BCUT2D eigenvalue weighted by molar-refractivity contribution is 0.157. The Kier molecular flexibility index (Phi) is 6.51. The summed E-state index contributed by atoms with van der Waals surface area (Å²) in [6, 6.07) is 8.43. The van der Waals surface area contributed by atoms with Gasteiger partial charge >= 0.3 is 0 Å². The number of pyridine rings is 1. The number of aromatic hydroxyl groups is 1. The Morgan fingerprint density at radius 1 is 1.20 bits per heavy atom. The monoisotopic (exact) mass is 364 g/mol. The maximum Gasteiger partial charge on any atom is 0.181 e. The third-order valence-electron chi connectivity index (χ3n) is 4.65. The van der Waals surface area contributed by atoms with Gasteiger partial charge in [-0.15, -0.1) is 12.4 Å². The van der Waals surface area contributed by atoms with Crippen molar-refractivity contribution in [2.45, 2.75) is 19.8 Å². The van der Waals surface area contributed by atoms with Crippen LogP contribution in [0.3, 0.4) is 0 Å². The molecule has 1 saturated heterocycles. The Bertz CT molecular complexity index is 768. The molecule has 1 aromatic carbocycles. The van der Waals surface area contributed by atoms with Crippen LogP contribution < -0.4 is 10.2 Å². The summed E-state index contributed by atoms with van der Waals surface area (Å²) in [5.74, 6) is 1.18. The number of ether oxygens (including phenoxy) is 1. The molecule has 1 fully saturated rings. The molecule has 0 amide bonds. The number of aryl methyl sites for hydroxylation is 1. The fraction of sp³-hybridized carbons (Fsp3) is 0.421. The molecule has 6 heteroatoms. The molecule has 0 bridgehead atoms. The number of phenolic OH excluding ortho intramolecular Hbond substituents is 1. The second-order valence-corrected chi connectivity index (χ2v) is 6.58.